The minimum atomic E-state index is -0.189. The van der Waals surface area contributed by atoms with E-state index >= 15 is 0 Å². The van der Waals surface area contributed by atoms with Crippen LogP contribution in [0.15, 0.2) is 0 Å². The zero-order chi connectivity index (χ0) is 12.3. The van der Waals surface area contributed by atoms with E-state index in [4.69, 9.17) is 21.1 Å². The van der Waals surface area contributed by atoms with Gasteiger partial charge >= 0.3 is 0 Å². The topological polar surface area (TPSA) is 38.8 Å². The second-order valence-corrected chi connectivity index (χ2v) is 5.21. The second-order valence-electron chi connectivity index (χ2n) is 4.90. The lowest BCUT2D eigenvalue weighted by atomic mass is 9.77. The average Bonchev–Trinajstić information content (AvgIpc) is 2.33. The van der Waals surface area contributed by atoms with Crippen LogP contribution in [0.2, 0.25) is 0 Å². The van der Waals surface area contributed by atoms with Crippen LogP contribution in [-0.4, -0.2) is 55.2 Å². The molecule has 1 saturated heterocycles. The van der Waals surface area contributed by atoms with Crippen molar-refractivity contribution < 1.29 is 14.3 Å². The molecule has 17 heavy (non-hydrogen) atoms. The molecule has 5 heteroatoms. The first-order chi connectivity index (χ1) is 8.19. The summed E-state index contributed by atoms with van der Waals surface area (Å²) in [5.74, 6) is 0.615. The Bertz CT molecular complexity index is 275. The van der Waals surface area contributed by atoms with E-state index in [-0.39, 0.29) is 17.6 Å². The molecule has 0 bridgehead atoms. The molecule has 1 aliphatic heterocycles. The van der Waals surface area contributed by atoms with Crippen molar-refractivity contribution in [2.24, 2.45) is 0 Å². The third kappa shape index (κ3) is 2.92. The lowest BCUT2D eigenvalue weighted by molar-refractivity contribution is -0.150. The van der Waals surface area contributed by atoms with E-state index in [0.717, 1.165) is 19.3 Å². The van der Waals surface area contributed by atoms with Gasteiger partial charge in [0.05, 0.1) is 30.6 Å². The molecule has 0 aromatic rings. The predicted octanol–water partition coefficient (Wildman–Crippen LogP) is 1.41. The van der Waals surface area contributed by atoms with Crippen molar-refractivity contribution in [2.75, 3.05) is 32.7 Å². The van der Waals surface area contributed by atoms with Crippen LogP contribution < -0.4 is 0 Å². The Morgan fingerprint density at radius 3 is 2.88 bits per heavy atom. The van der Waals surface area contributed by atoms with Crippen molar-refractivity contribution in [1.29, 1.82) is 0 Å². The lowest BCUT2D eigenvalue weighted by Gasteiger charge is -2.42. The van der Waals surface area contributed by atoms with Gasteiger partial charge in [-0.3, -0.25) is 4.79 Å². The van der Waals surface area contributed by atoms with Crippen LogP contribution in [-0.2, 0) is 14.3 Å². The first-order valence-corrected chi connectivity index (χ1v) is 6.73. The van der Waals surface area contributed by atoms with Gasteiger partial charge in [-0.15, -0.1) is 11.6 Å². The quantitative estimate of drug-likeness (QED) is 0.719. The Morgan fingerprint density at radius 1 is 1.59 bits per heavy atom. The van der Waals surface area contributed by atoms with Crippen LogP contribution in [0, 0.1) is 0 Å². The Labute approximate surface area is 107 Å². The number of halogens is 1. The molecule has 98 valence electrons. The zero-order valence-electron chi connectivity index (χ0n) is 10.3. The van der Waals surface area contributed by atoms with Gasteiger partial charge in [0.2, 0.25) is 5.91 Å². The monoisotopic (exact) mass is 261 g/mol. The summed E-state index contributed by atoms with van der Waals surface area (Å²) in [6.45, 7) is 1.87. The molecule has 1 unspecified atom stereocenters. The van der Waals surface area contributed by atoms with Crippen molar-refractivity contribution in [3.05, 3.63) is 0 Å². The third-order valence-corrected chi connectivity index (χ3v) is 4.18. The molecule has 0 N–H and O–H groups in total. The largest absolute Gasteiger partial charge is 0.378 e. The predicted molar refractivity (Wildman–Crippen MR) is 65.2 cm³/mol. The normalized spacial score (nSPS) is 27.6. The Hall–Kier alpha value is -0.320. The van der Waals surface area contributed by atoms with Gasteiger partial charge in [0.25, 0.3) is 0 Å². The van der Waals surface area contributed by atoms with Gasteiger partial charge in [0.1, 0.15) is 0 Å². The van der Waals surface area contributed by atoms with Gasteiger partial charge in [-0.25, -0.2) is 0 Å². The highest BCUT2D eigenvalue weighted by Gasteiger charge is 2.40. The minimum absolute atomic E-state index is 0.0192. The van der Waals surface area contributed by atoms with Gasteiger partial charge in [0, 0.05) is 20.2 Å². The molecule has 0 radical (unpaired) electrons. The smallest absolute Gasteiger partial charge is 0.225 e. The minimum Gasteiger partial charge on any atom is -0.378 e. The fourth-order valence-electron chi connectivity index (χ4n) is 2.45. The van der Waals surface area contributed by atoms with Crippen molar-refractivity contribution in [1.82, 2.24) is 4.90 Å². The van der Waals surface area contributed by atoms with Crippen LogP contribution in [0.25, 0.3) is 0 Å². The van der Waals surface area contributed by atoms with Gasteiger partial charge in [0.15, 0.2) is 0 Å². The summed E-state index contributed by atoms with van der Waals surface area (Å²) in [5.41, 5.74) is -0.189. The number of rotatable bonds is 4. The molecular weight excluding hydrogens is 242 g/mol. The number of hydrogen-bond donors (Lipinski definition) is 0. The molecule has 1 amide bonds. The van der Waals surface area contributed by atoms with E-state index < -0.39 is 0 Å². The van der Waals surface area contributed by atoms with Gasteiger partial charge < -0.3 is 14.4 Å². The number of amides is 1. The highest BCUT2D eigenvalue weighted by atomic mass is 35.5. The maximum absolute atomic E-state index is 12.2. The average molecular weight is 262 g/mol. The molecule has 2 rings (SSSR count). The standard InChI is InChI=1S/C12H20ClNO3/c1-16-12(3-2-4-12)7-11(15)14-5-6-17-10(8-13)9-14/h10H,2-9H2,1H3. The number of ether oxygens (including phenoxy) is 2. The fourth-order valence-corrected chi connectivity index (χ4v) is 2.64. The molecule has 2 fully saturated rings. The molecule has 0 aromatic heterocycles. The van der Waals surface area contributed by atoms with E-state index in [9.17, 15) is 4.79 Å². The molecule has 1 heterocycles. The van der Waals surface area contributed by atoms with Crippen LogP contribution in [0.4, 0.5) is 0 Å². The van der Waals surface area contributed by atoms with Crippen molar-refractivity contribution in [3.63, 3.8) is 0 Å². The molecule has 1 saturated carbocycles. The Morgan fingerprint density at radius 2 is 2.35 bits per heavy atom. The number of alkyl halides is 1. The number of hydrogen-bond acceptors (Lipinski definition) is 3. The SMILES string of the molecule is COC1(CC(=O)N2CCOC(CCl)C2)CCC1. The van der Waals surface area contributed by atoms with Gasteiger partial charge in [-0.2, -0.15) is 0 Å². The molecule has 4 nitrogen and oxygen atoms in total. The Kier molecular flexibility index (Phi) is 4.28. The summed E-state index contributed by atoms with van der Waals surface area (Å²) in [6.07, 6.45) is 3.64. The maximum Gasteiger partial charge on any atom is 0.225 e. The molecule has 1 atom stereocenters. The zero-order valence-corrected chi connectivity index (χ0v) is 11.0. The summed E-state index contributed by atoms with van der Waals surface area (Å²) in [7, 11) is 1.70. The number of carbonyl (C=O) groups excluding carboxylic acids is 1. The van der Waals surface area contributed by atoms with Crippen molar-refractivity contribution in [2.45, 2.75) is 37.4 Å². The third-order valence-electron chi connectivity index (χ3n) is 3.83. The van der Waals surface area contributed by atoms with Crippen LogP contribution in [0.3, 0.4) is 0 Å². The van der Waals surface area contributed by atoms with E-state index in [0.29, 0.717) is 32.0 Å². The summed E-state index contributed by atoms with van der Waals surface area (Å²) < 4.78 is 10.9. The highest BCUT2D eigenvalue weighted by Crippen LogP contribution is 2.38. The first-order valence-electron chi connectivity index (χ1n) is 6.19. The Balaban J connectivity index is 1.86. The summed E-state index contributed by atoms with van der Waals surface area (Å²) in [5, 5.41) is 0. The number of nitrogens with zero attached hydrogens (tertiary/aromatic N) is 1. The van der Waals surface area contributed by atoms with E-state index in [1.165, 1.54) is 0 Å². The highest BCUT2D eigenvalue weighted by molar-refractivity contribution is 6.18. The fraction of sp³-hybridized carbons (Fsp3) is 0.917. The summed E-state index contributed by atoms with van der Waals surface area (Å²) in [6, 6.07) is 0. The molecule has 0 aromatic carbocycles. The molecule has 0 spiro atoms. The second kappa shape index (κ2) is 5.55. The maximum atomic E-state index is 12.2. The van der Waals surface area contributed by atoms with Gasteiger partial charge in [-0.1, -0.05) is 0 Å². The summed E-state index contributed by atoms with van der Waals surface area (Å²) in [4.78, 5) is 14.0. The number of methoxy groups -OCH3 is 1. The first kappa shape index (κ1) is 13.1. The number of morpholine rings is 1. The van der Waals surface area contributed by atoms with Crippen LogP contribution >= 0.6 is 11.6 Å². The molecular formula is C12H20ClNO3. The van der Waals surface area contributed by atoms with Gasteiger partial charge in [-0.05, 0) is 19.3 Å². The number of carbonyl (C=O) groups is 1. The summed E-state index contributed by atoms with van der Waals surface area (Å²) >= 11 is 5.76. The molecule has 1 aliphatic carbocycles. The lowest BCUT2D eigenvalue weighted by Crippen LogP contribution is -2.50. The van der Waals surface area contributed by atoms with E-state index in [1.54, 1.807) is 7.11 Å². The van der Waals surface area contributed by atoms with Crippen molar-refractivity contribution >= 4 is 17.5 Å². The van der Waals surface area contributed by atoms with Crippen LogP contribution in [0.5, 0.6) is 0 Å². The molecule has 2 aliphatic rings. The van der Waals surface area contributed by atoms with E-state index in [2.05, 4.69) is 0 Å². The van der Waals surface area contributed by atoms with Crippen LogP contribution in [0.1, 0.15) is 25.7 Å². The van der Waals surface area contributed by atoms with Crippen molar-refractivity contribution in [3.8, 4) is 0 Å². The van der Waals surface area contributed by atoms with E-state index in [1.807, 2.05) is 4.90 Å².